The first-order valence-corrected chi connectivity index (χ1v) is 11.8. The SMILES string of the molecule is Cc1noc(/C=C\c2ccc(S(=O)(=O)Nc3ccc(C(F)(F)F)cc3)cc2)c1NC(=O)C1CC1. The Morgan fingerprint density at radius 2 is 1.71 bits per heavy atom. The van der Waals surface area contributed by atoms with Crippen LogP contribution in [-0.2, 0) is 21.0 Å². The van der Waals surface area contributed by atoms with Crippen molar-refractivity contribution in [2.24, 2.45) is 5.92 Å². The lowest BCUT2D eigenvalue weighted by Gasteiger charge is -2.10. The van der Waals surface area contributed by atoms with E-state index in [0.717, 1.165) is 37.1 Å². The van der Waals surface area contributed by atoms with Crippen LogP contribution in [0.15, 0.2) is 57.9 Å². The molecule has 7 nitrogen and oxygen atoms in total. The van der Waals surface area contributed by atoms with Gasteiger partial charge in [-0.15, -0.1) is 0 Å². The molecule has 0 bridgehead atoms. The summed E-state index contributed by atoms with van der Waals surface area (Å²) in [6.07, 6.45) is 0.516. The minimum absolute atomic E-state index is 0.0124. The number of aromatic nitrogens is 1. The number of anilines is 2. The Hall–Kier alpha value is -3.60. The van der Waals surface area contributed by atoms with Gasteiger partial charge >= 0.3 is 6.18 Å². The van der Waals surface area contributed by atoms with Gasteiger partial charge in [-0.05, 0) is 67.8 Å². The maximum Gasteiger partial charge on any atom is 0.416 e. The number of nitrogens with zero attached hydrogens (tertiary/aromatic N) is 1. The van der Waals surface area contributed by atoms with Crippen molar-refractivity contribution in [2.75, 3.05) is 10.0 Å². The summed E-state index contributed by atoms with van der Waals surface area (Å²) in [6, 6.07) is 9.57. The lowest BCUT2D eigenvalue weighted by Crippen LogP contribution is -2.14. The van der Waals surface area contributed by atoms with Gasteiger partial charge in [0.05, 0.1) is 10.5 Å². The third-order valence-corrected chi connectivity index (χ3v) is 6.56. The lowest BCUT2D eigenvalue weighted by molar-refractivity contribution is -0.137. The highest BCUT2D eigenvalue weighted by molar-refractivity contribution is 7.92. The lowest BCUT2D eigenvalue weighted by atomic mass is 10.2. The first kappa shape index (κ1) is 23.6. The third-order valence-electron chi connectivity index (χ3n) is 5.17. The van der Waals surface area contributed by atoms with Gasteiger partial charge in [0.15, 0.2) is 5.76 Å². The van der Waals surface area contributed by atoms with Crippen molar-refractivity contribution in [3.05, 3.63) is 71.1 Å². The molecule has 11 heteroatoms. The molecule has 3 aromatic rings. The second-order valence-corrected chi connectivity index (χ2v) is 9.54. The number of hydrogen-bond donors (Lipinski definition) is 2. The number of halogens is 3. The summed E-state index contributed by atoms with van der Waals surface area (Å²) in [4.78, 5) is 12.0. The number of carbonyl (C=O) groups is 1. The number of carbonyl (C=O) groups excluding carboxylic acids is 1. The summed E-state index contributed by atoms with van der Waals surface area (Å²) in [7, 11) is -4.00. The monoisotopic (exact) mass is 491 g/mol. The average molecular weight is 491 g/mol. The molecule has 1 amide bonds. The van der Waals surface area contributed by atoms with Gasteiger partial charge in [0.1, 0.15) is 11.4 Å². The topological polar surface area (TPSA) is 101 Å². The maximum absolute atomic E-state index is 12.7. The van der Waals surface area contributed by atoms with E-state index in [1.165, 1.54) is 12.1 Å². The van der Waals surface area contributed by atoms with Crippen LogP contribution < -0.4 is 10.0 Å². The van der Waals surface area contributed by atoms with Crippen LogP contribution in [0.4, 0.5) is 24.5 Å². The number of alkyl halides is 3. The summed E-state index contributed by atoms with van der Waals surface area (Å²) >= 11 is 0. The second kappa shape index (κ2) is 8.98. The summed E-state index contributed by atoms with van der Waals surface area (Å²) in [5.41, 5.74) is 0.835. The summed E-state index contributed by atoms with van der Waals surface area (Å²) < 4.78 is 70.7. The maximum atomic E-state index is 12.7. The third kappa shape index (κ3) is 5.48. The van der Waals surface area contributed by atoms with Crippen LogP contribution in [0.25, 0.3) is 12.2 Å². The van der Waals surface area contributed by atoms with Gasteiger partial charge in [-0.1, -0.05) is 23.4 Å². The molecule has 1 fully saturated rings. The summed E-state index contributed by atoms with van der Waals surface area (Å²) in [5.74, 6) is 0.319. The molecule has 0 radical (unpaired) electrons. The van der Waals surface area contributed by atoms with Crippen molar-refractivity contribution >= 4 is 39.5 Å². The van der Waals surface area contributed by atoms with E-state index in [0.29, 0.717) is 22.7 Å². The van der Waals surface area contributed by atoms with Crippen molar-refractivity contribution in [2.45, 2.75) is 30.8 Å². The van der Waals surface area contributed by atoms with E-state index in [1.807, 2.05) is 0 Å². The molecule has 2 N–H and O–H groups in total. The fraction of sp³-hybridized carbons (Fsp3) is 0.217. The number of rotatable bonds is 7. The van der Waals surface area contributed by atoms with Crippen molar-refractivity contribution in [1.82, 2.24) is 5.16 Å². The smallest absolute Gasteiger partial charge is 0.354 e. The molecule has 0 spiro atoms. The average Bonchev–Trinajstić information content (AvgIpc) is 3.58. The van der Waals surface area contributed by atoms with E-state index in [4.69, 9.17) is 4.52 Å². The van der Waals surface area contributed by atoms with Gasteiger partial charge in [0.25, 0.3) is 10.0 Å². The summed E-state index contributed by atoms with van der Waals surface area (Å²) in [5, 5.41) is 6.70. The van der Waals surface area contributed by atoms with Crippen LogP contribution in [0.5, 0.6) is 0 Å². The number of benzene rings is 2. The fourth-order valence-electron chi connectivity index (χ4n) is 3.10. The van der Waals surface area contributed by atoms with Crippen LogP contribution in [0, 0.1) is 12.8 Å². The van der Waals surface area contributed by atoms with Gasteiger partial charge in [-0.3, -0.25) is 9.52 Å². The summed E-state index contributed by atoms with van der Waals surface area (Å²) in [6.45, 7) is 1.71. The quantitative estimate of drug-likeness (QED) is 0.466. The highest BCUT2D eigenvalue weighted by Gasteiger charge is 2.31. The Balaban J connectivity index is 1.45. The molecule has 1 aliphatic carbocycles. The Bertz CT molecular complexity index is 1330. The highest BCUT2D eigenvalue weighted by Crippen LogP contribution is 2.32. The van der Waals surface area contributed by atoms with Crippen molar-refractivity contribution in [3.63, 3.8) is 0 Å². The largest absolute Gasteiger partial charge is 0.416 e. The van der Waals surface area contributed by atoms with Gasteiger partial charge in [0, 0.05) is 11.6 Å². The zero-order chi connectivity index (χ0) is 24.5. The molecule has 34 heavy (non-hydrogen) atoms. The number of aryl methyl sites for hydroxylation is 1. The molecule has 4 rings (SSSR count). The molecule has 1 aliphatic rings. The first-order valence-electron chi connectivity index (χ1n) is 10.3. The van der Waals surface area contributed by atoms with E-state index in [2.05, 4.69) is 15.2 Å². The Labute approximate surface area is 193 Å². The Morgan fingerprint density at radius 1 is 1.06 bits per heavy atom. The zero-order valence-corrected chi connectivity index (χ0v) is 18.7. The standard InChI is InChI=1S/C23H20F3N3O4S/c1-14-21(27-22(30)16-5-6-16)20(33-28-14)13-4-15-2-11-19(12-3-15)34(31,32)29-18-9-7-17(8-10-18)23(24,25)26/h2-4,7-13,16,29H,5-6H2,1H3,(H,27,30)/b13-4-. The molecular weight excluding hydrogens is 471 g/mol. The van der Waals surface area contributed by atoms with Crippen molar-refractivity contribution in [1.29, 1.82) is 0 Å². The van der Waals surface area contributed by atoms with Crippen molar-refractivity contribution in [3.8, 4) is 0 Å². The van der Waals surface area contributed by atoms with E-state index < -0.39 is 21.8 Å². The van der Waals surface area contributed by atoms with Crippen molar-refractivity contribution < 1.29 is 30.9 Å². The molecule has 0 saturated heterocycles. The zero-order valence-electron chi connectivity index (χ0n) is 17.9. The fourth-order valence-corrected chi connectivity index (χ4v) is 4.15. The predicted octanol–water partition coefficient (Wildman–Crippen LogP) is 5.32. The molecule has 2 aromatic carbocycles. The molecule has 0 atom stereocenters. The molecule has 1 aromatic heterocycles. The predicted molar refractivity (Wildman–Crippen MR) is 120 cm³/mol. The van der Waals surface area contributed by atoms with Crippen LogP contribution >= 0.6 is 0 Å². The normalized spacial score (nSPS) is 14.4. The molecular formula is C23H20F3N3O4S. The van der Waals surface area contributed by atoms with Gasteiger partial charge in [-0.25, -0.2) is 8.42 Å². The van der Waals surface area contributed by atoms with E-state index >= 15 is 0 Å². The van der Waals surface area contributed by atoms with E-state index in [9.17, 15) is 26.4 Å². The minimum Gasteiger partial charge on any atom is -0.354 e. The van der Waals surface area contributed by atoms with Gasteiger partial charge < -0.3 is 9.84 Å². The molecule has 178 valence electrons. The number of amides is 1. The molecule has 0 unspecified atom stereocenters. The van der Waals surface area contributed by atoms with Gasteiger partial charge in [0.2, 0.25) is 5.91 Å². The first-order chi connectivity index (χ1) is 16.0. The molecule has 0 aliphatic heterocycles. The Morgan fingerprint density at radius 3 is 2.29 bits per heavy atom. The van der Waals surface area contributed by atoms with Crippen LogP contribution in [0.1, 0.15) is 35.4 Å². The van der Waals surface area contributed by atoms with Crippen LogP contribution in [0.2, 0.25) is 0 Å². The molecule has 1 saturated carbocycles. The Kier molecular flexibility index (Phi) is 6.22. The number of nitrogens with one attached hydrogen (secondary N) is 2. The molecule has 1 heterocycles. The highest BCUT2D eigenvalue weighted by atomic mass is 32.2. The van der Waals surface area contributed by atoms with Gasteiger partial charge in [-0.2, -0.15) is 13.2 Å². The van der Waals surface area contributed by atoms with Crippen LogP contribution in [-0.4, -0.2) is 19.5 Å². The number of sulfonamides is 1. The van der Waals surface area contributed by atoms with E-state index in [-0.39, 0.29) is 22.4 Å². The van der Waals surface area contributed by atoms with Crippen LogP contribution in [0.3, 0.4) is 0 Å². The minimum atomic E-state index is -4.51. The second-order valence-electron chi connectivity index (χ2n) is 7.85. The van der Waals surface area contributed by atoms with E-state index in [1.54, 1.807) is 31.2 Å². The number of hydrogen-bond acceptors (Lipinski definition) is 5.